The summed E-state index contributed by atoms with van der Waals surface area (Å²) >= 11 is 13.7. The highest BCUT2D eigenvalue weighted by Crippen LogP contribution is 2.23. The molecule has 0 unspecified atom stereocenters. The first-order valence-corrected chi connectivity index (χ1v) is 9.85. The fourth-order valence-corrected chi connectivity index (χ4v) is 4.43. The van der Waals surface area contributed by atoms with E-state index in [1.165, 1.54) is 30.8 Å². The molecule has 128 valence electrons. The molecule has 0 bridgehead atoms. The summed E-state index contributed by atoms with van der Waals surface area (Å²) in [4.78, 5) is 15.2. The van der Waals surface area contributed by atoms with E-state index in [0.717, 1.165) is 5.56 Å². The van der Waals surface area contributed by atoms with Crippen molar-refractivity contribution in [3.63, 3.8) is 0 Å². The summed E-state index contributed by atoms with van der Waals surface area (Å²) in [6.07, 6.45) is 2.87. The van der Waals surface area contributed by atoms with Gasteiger partial charge in [0.25, 0.3) is 0 Å². The largest absolute Gasteiger partial charge is 0.349 e. The molecule has 0 spiro atoms. The Labute approximate surface area is 156 Å². The predicted molar refractivity (Wildman–Crippen MR) is 100 cm³/mol. The van der Waals surface area contributed by atoms with E-state index in [4.69, 9.17) is 23.2 Å². The molecule has 6 heteroatoms. The zero-order valence-corrected chi connectivity index (χ0v) is 15.7. The van der Waals surface area contributed by atoms with Crippen molar-refractivity contribution in [2.45, 2.75) is 25.3 Å². The third-order valence-electron chi connectivity index (χ3n) is 4.48. The van der Waals surface area contributed by atoms with Crippen molar-refractivity contribution in [3.05, 3.63) is 56.2 Å². The number of benzene rings is 1. The Balaban J connectivity index is 1.59. The van der Waals surface area contributed by atoms with Gasteiger partial charge in [-0.05, 0) is 29.1 Å². The summed E-state index contributed by atoms with van der Waals surface area (Å²) in [5.41, 5.74) is 0.878. The molecule has 2 N–H and O–H groups in total. The molecule has 1 atom stereocenters. The van der Waals surface area contributed by atoms with Gasteiger partial charge >= 0.3 is 0 Å². The quantitative estimate of drug-likeness (QED) is 0.789. The van der Waals surface area contributed by atoms with Crippen molar-refractivity contribution in [1.82, 2.24) is 5.32 Å². The number of hydrogen-bond acceptors (Lipinski definition) is 2. The minimum Gasteiger partial charge on any atom is -0.349 e. The molecule has 1 aromatic carbocycles. The van der Waals surface area contributed by atoms with Crippen LogP contribution in [0.1, 0.15) is 29.3 Å². The van der Waals surface area contributed by atoms with Crippen LogP contribution >= 0.6 is 34.5 Å². The number of rotatable bonds is 6. The van der Waals surface area contributed by atoms with Crippen LogP contribution in [0.5, 0.6) is 0 Å². The van der Waals surface area contributed by atoms with Gasteiger partial charge in [0.2, 0.25) is 5.91 Å². The number of thiophene rings is 1. The summed E-state index contributed by atoms with van der Waals surface area (Å²) in [6, 6.07) is 9.94. The monoisotopic (exact) mass is 383 g/mol. The fraction of sp³-hybridized carbons (Fsp3) is 0.389. The first-order chi connectivity index (χ1) is 11.6. The lowest BCUT2D eigenvalue weighted by Crippen LogP contribution is -3.11. The SMILES string of the molecule is O=C(Cc1ccc(Cl)c(Cl)c1)NC[C@H](c1cccs1)[NH+]1CCCC1. The molecule has 1 aromatic heterocycles. The highest BCUT2D eigenvalue weighted by Gasteiger charge is 2.28. The second kappa shape index (κ2) is 8.34. The van der Waals surface area contributed by atoms with E-state index in [0.29, 0.717) is 29.1 Å². The summed E-state index contributed by atoms with van der Waals surface area (Å²) in [6.45, 7) is 3.05. The number of hydrogen-bond donors (Lipinski definition) is 2. The molecule has 0 saturated carbocycles. The molecule has 2 heterocycles. The molecule has 1 aliphatic heterocycles. The highest BCUT2D eigenvalue weighted by molar-refractivity contribution is 7.10. The molecule has 3 rings (SSSR count). The number of carbonyl (C=O) groups excluding carboxylic acids is 1. The van der Waals surface area contributed by atoms with Crippen LogP contribution in [0.4, 0.5) is 0 Å². The van der Waals surface area contributed by atoms with E-state index in [-0.39, 0.29) is 5.91 Å². The summed E-state index contributed by atoms with van der Waals surface area (Å²) in [5, 5.41) is 6.20. The van der Waals surface area contributed by atoms with Crippen molar-refractivity contribution < 1.29 is 9.69 Å². The smallest absolute Gasteiger partial charge is 0.224 e. The predicted octanol–water partition coefficient (Wildman–Crippen LogP) is 3.13. The summed E-state index contributed by atoms with van der Waals surface area (Å²) in [7, 11) is 0. The van der Waals surface area contributed by atoms with Gasteiger partial charge in [0, 0.05) is 12.8 Å². The Morgan fingerprint density at radius 2 is 2.00 bits per heavy atom. The lowest BCUT2D eigenvalue weighted by molar-refractivity contribution is -0.918. The Hall–Kier alpha value is -1.07. The number of amides is 1. The molecular weight excluding hydrogens is 363 g/mol. The second-order valence-corrected chi connectivity index (χ2v) is 7.96. The first kappa shape index (κ1) is 17.7. The average Bonchev–Trinajstić information content (AvgIpc) is 3.25. The molecule has 0 aliphatic carbocycles. The van der Waals surface area contributed by atoms with Crippen molar-refractivity contribution in [2.75, 3.05) is 19.6 Å². The van der Waals surface area contributed by atoms with Crippen molar-refractivity contribution in [2.24, 2.45) is 0 Å². The Bertz CT molecular complexity index is 684. The van der Waals surface area contributed by atoms with Crippen molar-refractivity contribution in [1.29, 1.82) is 0 Å². The van der Waals surface area contributed by atoms with E-state index in [2.05, 4.69) is 22.8 Å². The fourth-order valence-electron chi connectivity index (χ4n) is 3.23. The number of likely N-dealkylation sites (tertiary alicyclic amines) is 1. The number of halogens is 2. The van der Waals surface area contributed by atoms with Gasteiger partial charge < -0.3 is 10.2 Å². The first-order valence-electron chi connectivity index (χ1n) is 8.22. The zero-order valence-electron chi connectivity index (χ0n) is 13.4. The lowest BCUT2D eigenvalue weighted by atomic mass is 10.1. The third-order valence-corrected chi connectivity index (χ3v) is 6.20. The summed E-state index contributed by atoms with van der Waals surface area (Å²) in [5.74, 6) is 0.0218. The average molecular weight is 384 g/mol. The molecule has 2 aromatic rings. The van der Waals surface area contributed by atoms with E-state index in [1.807, 2.05) is 6.07 Å². The minimum absolute atomic E-state index is 0.0218. The molecule has 24 heavy (non-hydrogen) atoms. The van der Waals surface area contributed by atoms with Gasteiger partial charge in [-0.1, -0.05) is 35.3 Å². The standard InChI is InChI=1S/C18H20Cl2N2OS/c19-14-6-5-13(10-15(14)20)11-18(23)21-12-16(17-4-3-9-24-17)22-7-1-2-8-22/h3-6,9-10,16H,1-2,7-8,11-12H2,(H,21,23)/p+1/t16-/m1/s1. The lowest BCUT2D eigenvalue weighted by Gasteiger charge is -2.24. The molecular formula is C18H21Cl2N2OS+. The van der Waals surface area contributed by atoms with Gasteiger partial charge in [0.15, 0.2) is 0 Å². The molecule has 1 amide bonds. The molecule has 0 radical (unpaired) electrons. The van der Waals surface area contributed by atoms with Gasteiger partial charge in [0.1, 0.15) is 6.04 Å². The topological polar surface area (TPSA) is 33.5 Å². The molecule has 1 aliphatic rings. The number of carbonyl (C=O) groups is 1. The Morgan fingerprint density at radius 3 is 2.67 bits per heavy atom. The molecule has 1 saturated heterocycles. The molecule has 1 fully saturated rings. The Kier molecular flexibility index (Phi) is 6.17. The normalized spacial score (nSPS) is 16.2. The van der Waals surface area contributed by atoms with E-state index >= 15 is 0 Å². The van der Waals surface area contributed by atoms with Crippen LogP contribution in [0, 0.1) is 0 Å². The maximum absolute atomic E-state index is 12.3. The van der Waals surface area contributed by atoms with Gasteiger partial charge in [-0.2, -0.15) is 0 Å². The van der Waals surface area contributed by atoms with Gasteiger partial charge in [-0.15, -0.1) is 11.3 Å². The van der Waals surface area contributed by atoms with Gasteiger partial charge in [-0.3, -0.25) is 4.79 Å². The van der Waals surface area contributed by atoms with Crippen LogP contribution in [0.15, 0.2) is 35.7 Å². The van der Waals surface area contributed by atoms with E-state index < -0.39 is 0 Å². The number of quaternary nitrogens is 1. The van der Waals surface area contributed by atoms with Gasteiger partial charge in [-0.25, -0.2) is 0 Å². The maximum atomic E-state index is 12.3. The van der Waals surface area contributed by atoms with Crippen LogP contribution in [0.3, 0.4) is 0 Å². The van der Waals surface area contributed by atoms with Crippen LogP contribution in [0.2, 0.25) is 10.0 Å². The van der Waals surface area contributed by atoms with Crippen LogP contribution in [0.25, 0.3) is 0 Å². The van der Waals surface area contributed by atoms with Crippen LogP contribution in [-0.4, -0.2) is 25.5 Å². The summed E-state index contributed by atoms with van der Waals surface area (Å²) < 4.78 is 0. The van der Waals surface area contributed by atoms with Crippen molar-refractivity contribution in [3.8, 4) is 0 Å². The maximum Gasteiger partial charge on any atom is 0.224 e. The van der Waals surface area contributed by atoms with Crippen molar-refractivity contribution >= 4 is 40.4 Å². The third kappa shape index (κ3) is 4.51. The van der Waals surface area contributed by atoms with Crippen LogP contribution in [-0.2, 0) is 11.2 Å². The minimum atomic E-state index is 0.0218. The van der Waals surface area contributed by atoms with Crippen LogP contribution < -0.4 is 10.2 Å². The molecule has 3 nitrogen and oxygen atoms in total. The highest BCUT2D eigenvalue weighted by atomic mass is 35.5. The second-order valence-electron chi connectivity index (χ2n) is 6.16. The van der Waals surface area contributed by atoms with Gasteiger partial charge in [0.05, 0.1) is 41.0 Å². The number of nitrogens with one attached hydrogen (secondary N) is 2. The van der Waals surface area contributed by atoms with E-state index in [1.54, 1.807) is 28.4 Å². The zero-order chi connectivity index (χ0) is 16.9. The Morgan fingerprint density at radius 1 is 1.21 bits per heavy atom. The van der Waals surface area contributed by atoms with E-state index in [9.17, 15) is 4.79 Å².